The molecule has 0 atom stereocenters. The lowest BCUT2D eigenvalue weighted by molar-refractivity contribution is 0.502. The predicted octanol–water partition coefficient (Wildman–Crippen LogP) is 2.36. The minimum Gasteiger partial charge on any atom is -0.443 e. The fraction of sp³-hybridized carbons (Fsp3) is 0. The smallest absolute Gasteiger partial charge is 0.283 e. The van der Waals surface area contributed by atoms with Crippen molar-refractivity contribution in [3.05, 3.63) is 48.5 Å². The van der Waals surface area contributed by atoms with Crippen molar-refractivity contribution in [1.29, 1.82) is 15.8 Å². The summed E-state index contributed by atoms with van der Waals surface area (Å²) < 4.78 is 0. The summed E-state index contributed by atoms with van der Waals surface area (Å²) in [7, 11) is 0. The Labute approximate surface area is 110 Å². The molecule has 96 valence electrons. The molecule has 19 heavy (non-hydrogen) atoms. The molecule has 6 heteroatoms. The van der Waals surface area contributed by atoms with Crippen LogP contribution >= 0.6 is 0 Å². The summed E-state index contributed by atoms with van der Waals surface area (Å²) in [6, 6.07) is 16.7. The summed E-state index contributed by atoms with van der Waals surface area (Å²) in [5.41, 5.74) is 0. The van der Waals surface area contributed by atoms with E-state index in [1.165, 1.54) is 10.8 Å². The minimum absolute atomic E-state index is 0.750. The molecule has 6 nitrogen and oxygen atoms in total. The Hall–Kier alpha value is -3.43. The van der Waals surface area contributed by atoms with Gasteiger partial charge in [0.2, 0.25) is 0 Å². The van der Waals surface area contributed by atoms with Crippen molar-refractivity contribution in [2.24, 2.45) is 0 Å². The summed E-state index contributed by atoms with van der Waals surface area (Å²) in [5.74, 6) is 0. The van der Waals surface area contributed by atoms with Crippen LogP contribution in [0, 0.1) is 34.6 Å². The molecule has 0 aliphatic rings. The van der Waals surface area contributed by atoms with Crippen LogP contribution in [0.5, 0.6) is 0 Å². The van der Waals surface area contributed by atoms with Crippen molar-refractivity contribution in [3.63, 3.8) is 0 Å². The summed E-state index contributed by atoms with van der Waals surface area (Å²) in [4.78, 5) is 0. The van der Waals surface area contributed by atoms with Crippen molar-refractivity contribution in [3.8, 4) is 18.8 Å². The Kier molecular flexibility index (Phi) is 13.8. The Balaban J connectivity index is 0. The van der Waals surface area contributed by atoms with Gasteiger partial charge in [-0.05, 0) is 10.8 Å². The molecule has 0 saturated heterocycles. The number of benzene rings is 2. The van der Waals surface area contributed by atoms with Crippen LogP contribution in [0.25, 0.3) is 10.8 Å². The molecule has 0 amide bonds. The fourth-order valence-electron chi connectivity index (χ4n) is 1.13. The maximum Gasteiger partial charge on any atom is 0.283 e. The molecule has 0 fully saturated rings. The van der Waals surface area contributed by atoms with Gasteiger partial charge in [0.15, 0.2) is 0 Å². The topological polar surface area (TPSA) is 132 Å². The highest BCUT2D eigenvalue weighted by molar-refractivity contribution is 5.81. The molecule has 0 aliphatic carbocycles. The van der Waals surface area contributed by atoms with Crippen LogP contribution in [0.1, 0.15) is 0 Å². The fourth-order valence-corrected chi connectivity index (χ4v) is 1.13. The van der Waals surface area contributed by atoms with E-state index < -0.39 is 0 Å². The molecule has 0 spiro atoms. The van der Waals surface area contributed by atoms with Crippen LogP contribution in [0.2, 0.25) is 0 Å². The maximum atomic E-state index is 6.88. The van der Waals surface area contributed by atoms with Gasteiger partial charge in [-0.15, -0.1) is 0 Å². The lowest BCUT2D eigenvalue weighted by Gasteiger charge is -1.92. The van der Waals surface area contributed by atoms with Gasteiger partial charge in [-0.2, -0.15) is 15.8 Å². The number of nitriles is 3. The molecule has 2 aromatic carbocycles. The number of aliphatic hydroxyl groups excluding tert-OH is 3. The molecule has 0 aliphatic heterocycles. The first kappa shape index (κ1) is 17.9. The zero-order chi connectivity index (χ0) is 14.9. The van der Waals surface area contributed by atoms with Gasteiger partial charge >= 0.3 is 0 Å². The van der Waals surface area contributed by atoms with Crippen LogP contribution in [0.4, 0.5) is 0 Å². The average Bonchev–Trinajstić information content (AvgIpc) is 2.42. The van der Waals surface area contributed by atoms with E-state index in [4.69, 9.17) is 31.1 Å². The van der Waals surface area contributed by atoms with E-state index in [2.05, 4.69) is 48.5 Å². The number of hydrogen-bond donors (Lipinski definition) is 3. The summed E-state index contributed by atoms with van der Waals surface area (Å²) >= 11 is 0. The van der Waals surface area contributed by atoms with Gasteiger partial charge in [-0.1, -0.05) is 48.5 Å². The second-order valence-corrected chi connectivity index (χ2v) is 2.65. The zero-order valence-corrected chi connectivity index (χ0v) is 9.80. The zero-order valence-electron chi connectivity index (χ0n) is 9.80. The molecular formula is C13H11N3O3. The van der Waals surface area contributed by atoms with E-state index in [-0.39, 0.29) is 0 Å². The Bertz CT molecular complexity index is 486. The molecular weight excluding hydrogens is 246 g/mol. The predicted molar refractivity (Wildman–Crippen MR) is 66.6 cm³/mol. The second kappa shape index (κ2) is 14.6. The molecule has 0 unspecified atom stereocenters. The van der Waals surface area contributed by atoms with Gasteiger partial charge in [-0.3, -0.25) is 0 Å². The van der Waals surface area contributed by atoms with Crippen LogP contribution in [-0.4, -0.2) is 15.3 Å². The van der Waals surface area contributed by atoms with Crippen molar-refractivity contribution in [2.75, 3.05) is 0 Å². The molecule has 0 aromatic heterocycles. The lowest BCUT2D eigenvalue weighted by Crippen LogP contribution is -1.67. The van der Waals surface area contributed by atoms with E-state index in [0.29, 0.717) is 0 Å². The normalized spacial score (nSPS) is 6.37. The largest absolute Gasteiger partial charge is 0.443 e. The number of aliphatic hydroxyl groups is 3. The van der Waals surface area contributed by atoms with Gasteiger partial charge in [0, 0.05) is 0 Å². The van der Waals surface area contributed by atoms with E-state index in [1.54, 1.807) is 0 Å². The number of fused-ring (bicyclic) bond motifs is 1. The molecule has 2 aromatic rings. The maximum absolute atomic E-state index is 6.88. The number of hydrogen-bond acceptors (Lipinski definition) is 6. The van der Waals surface area contributed by atoms with Crippen molar-refractivity contribution in [1.82, 2.24) is 0 Å². The molecule has 0 saturated carbocycles. The third-order valence-electron chi connectivity index (χ3n) is 1.66. The first-order valence-corrected chi connectivity index (χ1v) is 4.75. The van der Waals surface area contributed by atoms with E-state index in [9.17, 15) is 0 Å². The van der Waals surface area contributed by atoms with E-state index >= 15 is 0 Å². The molecule has 0 bridgehead atoms. The van der Waals surface area contributed by atoms with Crippen molar-refractivity contribution < 1.29 is 15.3 Å². The van der Waals surface area contributed by atoms with Gasteiger partial charge in [0.05, 0.1) is 0 Å². The second-order valence-electron chi connectivity index (χ2n) is 2.65. The van der Waals surface area contributed by atoms with Crippen LogP contribution < -0.4 is 0 Å². The first-order chi connectivity index (χ1) is 9.21. The third kappa shape index (κ3) is 10.8. The summed E-state index contributed by atoms with van der Waals surface area (Å²) in [6.07, 6.45) is 2.25. The molecule has 0 heterocycles. The molecule has 2 rings (SSSR count). The highest BCUT2D eigenvalue weighted by Gasteiger charge is 1.85. The van der Waals surface area contributed by atoms with Gasteiger partial charge in [0.25, 0.3) is 18.8 Å². The Morgan fingerprint density at radius 3 is 0.895 bits per heavy atom. The Morgan fingerprint density at radius 2 is 0.737 bits per heavy atom. The minimum atomic E-state index is 0.750. The summed E-state index contributed by atoms with van der Waals surface area (Å²) in [5, 5.41) is 43.9. The highest BCUT2D eigenvalue weighted by atomic mass is 16.2. The van der Waals surface area contributed by atoms with Crippen LogP contribution in [0.15, 0.2) is 48.5 Å². The van der Waals surface area contributed by atoms with Gasteiger partial charge in [0.1, 0.15) is 0 Å². The molecule has 0 radical (unpaired) electrons. The van der Waals surface area contributed by atoms with E-state index in [0.717, 1.165) is 18.8 Å². The number of nitrogens with zero attached hydrogens (tertiary/aromatic N) is 3. The van der Waals surface area contributed by atoms with Gasteiger partial charge < -0.3 is 15.3 Å². The average molecular weight is 257 g/mol. The molecule has 3 N–H and O–H groups in total. The highest BCUT2D eigenvalue weighted by Crippen LogP contribution is 2.11. The third-order valence-corrected chi connectivity index (χ3v) is 1.66. The van der Waals surface area contributed by atoms with Crippen molar-refractivity contribution in [2.45, 2.75) is 0 Å². The lowest BCUT2D eigenvalue weighted by atomic mass is 10.1. The summed E-state index contributed by atoms with van der Waals surface area (Å²) in [6.45, 7) is 0. The van der Waals surface area contributed by atoms with Crippen LogP contribution in [-0.2, 0) is 0 Å². The monoisotopic (exact) mass is 257 g/mol. The SMILES string of the molecule is N#CO.N#CO.N#CO.c1ccc2ccccc2c1. The Morgan fingerprint density at radius 1 is 0.579 bits per heavy atom. The quantitative estimate of drug-likeness (QED) is 0.620. The number of rotatable bonds is 0. The standard InChI is InChI=1S/C10H8.3CHNO/c1-2-6-10-8-4-3-7-9(10)5-1;3*2-1-3/h1-8H;3*3H. The van der Waals surface area contributed by atoms with Crippen molar-refractivity contribution >= 4 is 10.8 Å². The first-order valence-electron chi connectivity index (χ1n) is 4.75. The van der Waals surface area contributed by atoms with Crippen LogP contribution in [0.3, 0.4) is 0 Å². The van der Waals surface area contributed by atoms with E-state index in [1.807, 2.05) is 0 Å². The van der Waals surface area contributed by atoms with Gasteiger partial charge in [-0.25, -0.2) is 0 Å².